The van der Waals surface area contributed by atoms with Gasteiger partial charge in [0.2, 0.25) is 0 Å². The fourth-order valence-electron chi connectivity index (χ4n) is 2.13. The van der Waals surface area contributed by atoms with Gasteiger partial charge in [0.05, 0.1) is 22.8 Å². The molecule has 1 fully saturated rings. The molecule has 0 aliphatic carbocycles. The fraction of sp³-hybridized carbons (Fsp3) is 0.615. The molecule has 4 nitrogen and oxygen atoms in total. The van der Waals surface area contributed by atoms with Crippen LogP contribution >= 0.6 is 23.2 Å². The fourth-order valence-corrected chi connectivity index (χ4v) is 2.67. The maximum absolute atomic E-state index is 6.27. The Morgan fingerprint density at radius 3 is 2.89 bits per heavy atom. The number of halogens is 2. The number of hydrogen-bond donors (Lipinski definition) is 1. The highest BCUT2D eigenvalue weighted by molar-refractivity contribution is 6.37. The SMILES string of the molecule is CCNc1nc(N2CCOC(CC)C2)c(Cl)cc1Cl. The molecule has 0 bridgehead atoms. The molecule has 0 radical (unpaired) electrons. The smallest absolute Gasteiger partial charge is 0.150 e. The van der Waals surface area contributed by atoms with Gasteiger partial charge in [0, 0.05) is 19.6 Å². The van der Waals surface area contributed by atoms with Crippen LogP contribution in [0.1, 0.15) is 20.3 Å². The maximum atomic E-state index is 6.27. The van der Waals surface area contributed by atoms with E-state index in [-0.39, 0.29) is 6.10 Å². The second-order valence-corrected chi connectivity index (χ2v) is 5.32. The lowest BCUT2D eigenvalue weighted by Gasteiger charge is -2.34. The lowest BCUT2D eigenvalue weighted by atomic mass is 10.2. The van der Waals surface area contributed by atoms with Crippen molar-refractivity contribution in [3.63, 3.8) is 0 Å². The Hall–Kier alpha value is -0.710. The highest BCUT2D eigenvalue weighted by atomic mass is 35.5. The van der Waals surface area contributed by atoms with Crippen molar-refractivity contribution in [3.8, 4) is 0 Å². The molecule has 2 rings (SSSR count). The predicted octanol–water partition coefficient (Wildman–Crippen LogP) is 3.44. The molecular formula is C13H19Cl2N3O. The summed E-state index contributed by atoms with van der Waals surface area (Å²) in [5.74, 6) is 1.46. The molecule has 1 aliphatic heterocycles. The summed E-state index contributed by atoms with van der Waals surface area (Å²) in [7, 11) is 0. The Morgan fingerprint density at radius 2 is 2.21 bits per heavy atom. The summed E-state index contributed by atoms with van der Waals surface area (Å²) >= 11 is 12.4. The normalized spacial score (nSPS) is 19.6. The summed E-state index contributed by atoms with van der Waals surface area (Å²) in [4.78, 5) is 6.71. The standard InChI is InChI=1S/C13H19Cl2N3O/c1-3-9-8-18(5-6-19-9)13-11(15)7-10(14)12(17-13)16-4-2/h7,9H,3-6,8H2,1-2H3,(H,16,17). The van der Waals surface area contributed by atoms with Crippen LogP contribution in [0.15, 0.2) is 6.07 Å². The number of nitrogens with zero attached hydrogens (tertiary/aromatic N) is 2. The molecule has 6 heteroatoms. The van der Waals surface area contributed by atoms with Gasteiger partial charge in [-0.2, -0.15) is 0 Å². The number of hydrogen-bond acceptors (Lipinski definition) is 4. The first-order chi connectivity index (χ1) is 9.15. The number of ether oxygens (including phenoxy) is 1. The molecule has 0 spiro atoms. The van der Waals surface area contributed by atoms with Crippen LogP contribution in [-0.4, -0.2) is 37.3 Å². The molecule has 1 N–H and O–H groups in total. The minimum Gasteiger partial charge on any atom is -0.375 e. The minimum absolute atomic E-state index is 0.241. The number of aromatic nitrogens is 1. The van der Waals surface area contributed by atoms with Gasteiger partial charge in [-0.05, 0) is 19.4 Å². The summed E-state index contributed by atoms with van der Waals surface area (Å²) in [6, 6.07) is 1.75. The van der Waals surface area contributed by atoms with Crippen molar-refractivity contribution in [3.05, 3.63) is 16.1 Å². The molecule has 1 saturated heterocycles. The summed E-state index contributed by atoms with van der Waals surface area (Å²) in [6.45, 7) is 7.22. The van der Waals surface area contributed by atoms with Crippen LogP contribution in [0.4, 0.5) is 11.6 Å². The average Bonchev–Trinajstić information content (AvgIpc) is 2.42. The first-order valence-corrected chi connectivity index (χ1v) is 7.37. The second-order valence-electron chi connectivity index (χ2n) is 4.50. The molecule has 106 valence electrons. The molecule has 1 unspecified atom stereocenters. The van der Waals surface area contributed by atoms with Crippen molar-refractivity contribution >= 4 is 34.8 Å². The Morgan fingerprint density at radius 1 is 1.42 bits per heavy atom. The van der Waals surface area contributed by atoms with E-state index < -0.39 is 0 Å². The summed E-state index contributed by atoms with van der Waals surface area (Å²) in [5, 5.41) is 4.29. The van der Waals surface area contributed by atoms with Crippen molar-refractivity contribution in [2.75, 3.05) is 36.5 Å². The Kier molecular flexibility index (Phi) is 5.13. The van der Waals surface area contributed by atoms with Gasteiger partial charge in [0.15, 0.2) is 0 Å². The van der Waals surface area contributed by atoms with E-state index in [9.17, 15) is 0 Å². The van der Waals surface area contributed by atoms with Crippen molar-refractivity contribution in [1.29, 1.82) is 0 Å². The Bertz CT molecular complexity index is 442. The summed E-state index contributed by atoms with van der Waals surface area (Å²) in [5.41, 5.74) is 0. The van der Waals surface area contributed by atoms with Gasteiger partial charge in [-0.15, -0.1) is 0 Å². The summed E-state index contributed by atoms with van der Waals surface area (Å²) < 4.78 is 5.67. The third kappa shape index (κ3) is 3.44. The van der Waals surface area contributed by atoms with Gasteiger partial charge < -0.3 is 15.0 Å². The van der Waals surface area contributed by atoms with Crippen LogP contribution in [0, 0.1) is 0 Å². The quantitative estimate of drug-likeness (QED) is 0.924. The van der Waals surface area contributed by atoms with Crippen molar-refractivity contribution in [1.82, 2.24) is 4.98 Å². The van der Waals surface area contributed by atoms with Crippen molar-refractivity contribution in [2.45, 2.75) is 26.4 Å². The van der Waals surface area contributed by atoms with Gasteiger partial charge in [0.1, 0.15) is 11.6 Å². The molecule has 0 aromatic carbocycles. The third-order valence-electron chi connectivity index (χ3n) is 3.15. The molecule has 0 saturated carbocycles. The van der Waals surface area contributed by atoms with Gasteiger partial charge in [-0.25, -0.2) is 4.98 Å². The molecule has 2 heterocycles. The van der Waals surface area contributed by atoms with Crippen LogP contribution in [0.2, 0.25) is 10.0 Å². The van der Waals surface area contributed by atoms with E-state index in [1.54, 1.807) is 6.07 Å². The first-order valence-electron chi connectivity index (χ1n) is 6.62. The number of pyridine rings is 1. The molecule has 0 amide bonds. The van der Waals surface area contributed by atoms with E-state index in [1.807, 2.05) is 6.92 Å². The molecule has 1 aromatic heterocycles. The van der Waals surface area contributed by atoms with E-state index in [1.165, 1.54) is 0 Å². The molecular weight excluding hydrogens is 285 g/mol. The van der Waals surface area contributed by atoms with E-state index in [0.29, 0.717) is 22.5 Å². The van der Waals surface area contributed by atoms with E-state index in [4.69, 9.17) is 27.9 Å². The average molecular weight is 304 g/mol. The predicted molar refractivity (Wildman–Crippen MR) is 80.7 cm³/mol. The maximum Gasteiger partial charge on any atom is 0.150 e. The first kappa shape index (κ1) is 14.7. The topological polar surface area (TPSA) is 37.4 Å². The zero-order valence-corrected chi connectivity index (χ0v) is 12.8. The van der Waals surface area contributed by atoms with Gasteiger partial charge >= 0.3 is 0 Å². The Labute approximate surface area is 124 Å². The van der Waals surface area contributed by atoms with Gasteiger partial charge in [-0.3, -0.25) is 0 Å². The lowest BCUT2D eigenvalue weighted by molar-refractivity contribution is 0.0382. The Balaban J connectivity index is 2.25. The minimum atomic E-state index is 0.241. The van der Waals surface area contributed by atoms with Crippen LogP contribution in [-0.2, 0) is 4.74 Å². The van der Waals surface area contributed by atoms with Crippen LogP contribution < -0.4 is 10.2 Å². The highest BCUT2D eigenvalue weighted by Crippen LogP contribution is 2.32. The van der Waals surface area contributed by atoms with Crippen molar-refractivity contribution in [2.24, 2.45) is 0 Å². The van der Waals surface area contributed by atoms with E-state index in [0.717, 1.165) is 31.9 Å². The number of rotatable bonds is 4. The van der Waals surface area contributed by atoms with Crippen LogP contribution in [0.5, 0.6) is 0 Å². The lowest BCUT2D eigenvalue weighted by Crippen LogP contribution is -2.42. The van der Waals surface area contributed by atoms with Gasteiger partial charge in [-0.1, -0.05) is 30.1 Å². The van der Waals surface area contributed by atoms with E-state index in [2.05, 4.69) is 22.1 Å². The number of morpholine rings is 1. The molecule has 1 atom stereocenters. The molecule has 1 aromatic rings. The van der Waals surface area contributed by atoms with Crippen LogP contribution in [0.3, 0.4) is 0 Å². The zero-order chi connectivity index (χ0) is 13.8. The largest absolute Gasteiger partial charge is 0.375 e. The monoisotopic (exact) mass is 303 g/mol. The zero-order valence-electron chi connectivity index (χ0n) is 11.2. The third-order valence-corrected chi connectivity index (χ3v) is 3.72. The second kappa shape index (κ2) is 6.64. The number of nitrogens with one attached hydrogen (secondary N) is 1. The molecule has 19 heavy (non-hydrogen) atoms. The highest BCUT2D eigenvalue weighted by Gasteiger charge is 2.23. The summed E-state index contributed by atoms with van der Waals surface area (Å²) in [6.07, 6.45) is 1.23. The molecule has 1 aliphatic rings. The number of anilines is 2. The van der Waals surface area contributed by atoms with Crippen LogP contribution in [0.25, 0.3) is 0 Å². The van der Waals surface area contributed by atoms with E-state index >= 15 is 0 Å². The van der Waals surface area contributed by atoms with Gasteiger partial charge in [0.25, 0.3) is 0 Å². The van der Waals surface area contributed by atoms with Crippen molar-refractivity contribution < 1.29 is 4.74 Å².